The molecule has 1 aliphatic carbocycles. The van der Waals surface area contributed by atoms with Gasteiger partial charge in [-0.3, -0.25) is 19.7 Å². The Bertz CT molecular complexity index is 838. The van der Waals surface area contributed by atoms with Crippen LogP contribution in [0.1, 0.15) is 54.4 Å². The van der Waals surface area contributed by atoms with Gasteiger partial charge in [0.15, 0.2) is 0 Å². The summed E-state index contributed by atoms with van der Waals surface area (Å²) in [6.45, 7) is 2.53. The fourth-order valence-corrected chi connectivity index (χ4v) is 5.20. The van der Waals surface area contributed by atoms with E-state index in [1.807, 2.05) is 12.1 Å². The van der Waals surface area contributed by atoms with Crippen molar-refractivity contribution in [3.05, 3.63) is 29.3 Å². The van der Waals surface area contributed by atoms with Gasteiger partial charge >= 0.3 is 0 Å². The van der Waals surface area contributed by atoms with E-state index in [1.165, 1.54) is 12.8 Å². The Hall–Kier alpha value is -2.41. The molecule has 1 spiro atoms. The van der Waals surface area contributed by atoms with Crippen LogP contribution in [0.25, 0.3) is 0 Å². The standard InChI is InChI=1S/C21H25N3O4/c25-18-5-4-16(19(26)23-18)24-12-15-14(20(24)27)2-1-3-17(15)28-13-10-21(11-13)6-8-22-9-7-21/h1-3,13,16,22H,4-12H2,(H,23,25,26). The number of imide groups is 1. The van der Waals surface area contributed by atoms with Crippen LogP contribution in [0.5, 0.6) is 5.75 Å². The fraction of sp³-hybridized carbons (Fsp3) is 0.571. The highest BCUT2D eigenvalue weighted by Crippen LogP contribution is 2.49. The molecule has 148 valence electrons. The van der Waals surface area contributed by atoms with Crippen molar-refractivity contribution in [1.82, 2.24) is 15.5 Å². The lowest BCUT2D eigenvalue weighted by atomic mass is 9.62. The predicted molar refractivity (Wildman–Crippen MR) is 101 cm³/mol. The van der Waals surface area contributed by atoms with Crippen LogP contribution in [0, 0.1) is 5.41 Å². The molecule has 2 N–H and O–H groups in total. The zero-order valence-corrected chi connectivity index (χ0v) is 15.8. The Kier molecular flexibility index (Phi) is 4.16. The fourth-order valence-electron chi connectivity index (χ4n) is 5.20. The summed E-state index contributed by atoms with van der Waals surface area (Å²) in [7, 11) is 0. The van der Waals surface area contributed by atoms with Crippen LogP contribution in [-0.2, 0) is 16.1 Å². The molecule has 1 atom stereocenters. The smallest absolute Gasteiger partial charge is 0.255 e. The van der Waals surface area contributed by atoms with Gasteiger partial charge in [-0.2, -0.15) is 0 Å². The molecule has 0 bridgehead atoms. The Morgan fingerprint density at radius 1 is 1.11 bits per heavy atom. The number of fused-ring (bicyclic) bond motifs is 1. The third kappa shape index (κ3) is 2.89. The summed E-state index contributed by atoms with van der Waals surface area (Å²) in [5, 5.41) is 5.76. The molecule has 7 heteroatoms. The molecule has 1 aromatic carbocycles. The van der Waals surface area contributed by atoms with E-state index in [0.29, 0.717) is 23.9 Å². The van der Waals surface area contributed by atoms with Gasteiger partial charge in [0.1, 0.15) is 11.8 Å². The average Bonchev–Trinajstić information content (AvgIpc) is 2.99. The zero-order chi connectivity index (χ0) is 19.3. The van der Waals surface area contributed by atoms with Crippen molar-refractivity contribution in [2.45, 2.75) is 57.2 Å². The topological polar surface area (TPSA) is 87.7 Å². The van der Waals surface area contributed by atoms with Crippen LogP contribution in [0.4, 0.5) is 0 Å². The molecule has 1 unspecified atom stereocenters. The second kappa shape index (κ2) is 6.58. The van der Waals surface area contributed by atoms with Gasteiger partial charge in [-0.1, -0.05) is 6.07 Å². The van der Waals surface area contributed by atoms with Crippen LogP contribution in [-0.4, -0.2) is 47.9 Å². The second-order valence-corrected chi connectivity index (χ2v) is 8.58. The molecular formula is C21H25N3O4. The average molecular weight is 383 g/mol. The number of amides is 3. The Morgan fingerprint density at radius 2 is 1.89 bits per heavy atom. The van der Waals surface area contributed by atoms with Crippen LogP contribution >= 0.6 is 0 Å². The molecule has 2 saturated heterocycles. The number of hydrogen-bond donors (Lipinski definition) is 2. The highest BCUT2D eigenvalue weighted by atomic mass is 16.5. The lowest BCUT2D eigenvalue weighted by Gasteiger charge is -2.50. The predicted octanol–water partition coefficient (Wildman–Crippen LogP) is 1.36. The third-order valence-electron chi connectivity index (χ3n) is 6.82. The lowest BCUT2D eigenvalue weighted by Crippen LogP contribution is -2.52. The van der Waals surface area contributed by atoms with Gasteiger partial charge in [0.2, 0.25) is 11.8 Å². The number of nitrogens with one attached hydrogen (secondary N) is 2. The minimum atomic E-state index is -0.591. The van der Waals surface area contributed by atoms with E-state index < -0.39 is 6.04 Å². The van der Waals surface area contributed by atoms with Crippen molar-refractivity contribution in [3.8, 4) is 5.75 Å². The molecule has 3 amide bonds. The first kappa shape index (κ1) is 17.7. The first-order valence-corrected chi connectivity index (χ1v) is 10.2. The quantitative estimate of drug-likeness (QED) is 0.770. The van der Waals surface area contributed by atoms with Crippen LogP contribution in [0.15, 0.2) is 18.2 Å². The second-order valence-electron chi connectivity index (χ2n) is 8.58. The molecule has 1 saturated carbocycles. The van der Waals surface area contributed by atoms with E-state index in [4.69, 9.17) is 4.74 Å². The van der Waals surface area contributed by atoms with Crippen molar-refractivity contribution >= 4 is 17.7 Å². The van der Waals surface area contributed by atoms with Crippen molar-refractivity contribution < 1.29 is 19.1 Å². The number of hydrogen-bond acceptors (Lipinski definition) is 5. The number of carbonyl (C=O) groups is 3. The van der Waals surface area contributed by atoms with Crippen LogP contribution < -0.4 is 15.4 Å². The normalized spacial score (nSPS) is 26.8. The van der Waals surface area contributed by atoms with Gasteiger partial charge in [-0.05, 0) is 62.7 Å². The Balaban J connectivity index is 1.30. The first-order chi connectivity index (χ1) is 13.5. The molecule has 3 heterocycles. The van der Waals surface area contributed by atoms with Gasteiger partial charge in [-0.15, -0.1) is 0 Å². The van der Waals surface area contributed by atoms with Gasteiger partial charge < -0.3 is 15.0 Å². The van der Waals surface area contributed by atoms with E-state index in [9.17, 15) is 14.4 Å². The third-order valence-corrected chi connectivity index (χ3v) is 6.82. The summed E-state index contributed by atoms with van der Waals surface area (Å²) in [6, 6.07) is 4.98. The molecule has 0 aromatic heterocycles. The van der Waals surface area contributed by atoms with Gasteiger partial charge in [0.25, 0.3) is 5.91 Å². The van der Waals surface area contributed by atoms with Gasteiger partial charge in [0.05, 0.1) is 12.6 Å². The van der Waals surface area contributed by atoms with Gasteiger partial charge in [0, 0.05) is 17.5 Å². The summed E-state index contributed by atoms with van der Waals surface area (Å²) in [5.41, 5.74) is 1.91. The highest BCUT2D eigenvalue weighted by molar-refractivity contribution is 6.05. The maximum absolute atomic E-state index is 12.9. The summed E-state index contributed by atoms with van der Waals surface area (Å²) in [6.07, 6.45) is 5.40. The summed E-state index contributed by atoms with van der Waals surface area (Å²) in [5.74, 6) is -0.0502. The number of piperidine rings is 2. The molecule has 28 heavy (non-hydrogen) atoms. The van der Waals surface area contributed by atoms with Gasteiger partial charge in [-0.25, -0.2) is 0 Å². The van der Waals surface area contributed by atoms with E-state index in [-0.39, 0.29) is 30.2 Å². The summed E-state index contributed by atoms with van der Waals surface area (Å²) >= 11 is 0. The zero-order valence-electron chi connectivity index (χ0n) is 15.8. The van der Waals surface area contributed by atoms with E-state index in [0.717, 1.165) is 37.2 Å². The number of carbonyl (C=O) groups excluding carboxylic acids is 3. The minimum Gasteiger partial charge on any atom is -0.490 e. The Morgan fingerprint density at radius 3 is 2.64 bits per heavy atom. The number of ether oxygens (including phenoxy) is 1. The minimum absolute atomic E-state index is 0.154. The van der Waals surface area contributed by atoms with E-state index >= 15 is 0 Å². The van der Waals surface area contributed by atoms with Crippen molar-refractivity contribution in [3.63, 3.8) is 0 Å². The van der Waals surface area contributed by atoms with Crippen LogP contribution in [0.3, 0.4) is 0 Å². The molecule has 3 aliphatic heterocycles. The number of rotatable bonds is 3. The van der Waals surface area contributed by atoms with Crippen molar-refractivity contribution in [2.75, 3.05) is 13.1 Å². The summed E-state index contributed by atoms with van der Waals surface area (Å²) < 4.78 is 6.29. The maximum atomic E-state index is 12.9. The largest absolute Gasteiger partial charge is 0.490 e. The number of benzene rings is 1. The van der Waals surface area contributed by atoms with Crippen molar-refractivity contribution in [1.29, 1.82) is 0 Å². The molecule has 4 aliphatic rings. The molecule has 7 nitrogen and oxygen atoms in total. The molecule has 1 aromatic rings. The molecule has 5 rings (SSSR count). The SMILES string of the molecule is O=C1CCC(N2Cc3c(OC4CC5(CCNCC5)C4)cccc3C2=O)C(=O)N1. The monoisotopic (exact) mass is 383 g/mol. The molecule has 3 fully saturated rings. The van der Waals surface area contributed by atoms with E-state index in [1.54, 1.807) is 11.0 Å². The lowest BCUT2D eigenvalue weighted by molar-refractivity contribution is -0.136. The number of nitrogens with zero attached hydrogens (tertiary/aromatic N) is 1. The Labute approximate surface area is 163 Å². The maximum Gasteiger partial charge on any atom is 0.255 e. The summed E-state index contributed by atoms with van der Waals surface area (Å²) in [4.78, 5) is 38.1. The van der Waals surface area contributed by atoms with Crippen LogP contribution in [0.2, 0.25) is 0 Å². The molecule has 0 radical (unpaired) electrons. The highest BCUT2D eigenvalue weighted by Gasteiger charge is 2.46. The molecular weight excluding hydrogens is 358 g/mol. The van der Waals surface area contributed by atoms with Crippen molar-refractivity contribution in [2.24, 2.45) is 5.41 Å². The first-order valence-electron chi connectivity index (χ1n) is 10.2. The van der Waals surface area contributed by atoms with E-state index in [2.05, 4.69) is 10.6 Å².